The van der Waals surface area contributed by atoms with Crippen LogP contribution in [0.15, 0.2) is 30.5 Å². The molecule has 96 valence electrons. The maximum atomic E-state index is 13.5. The molecule has 0 saturated heterocycles. The summed E-state index contributed by atoms with van der Waals surface area (Å²) >= 11 is 0. The van der Waals surface area contributed by atoms with E-state index in [1.807, 2.05) is 0 Å². The molecule has 0 radical (unpaired) electrons. The molecule has 2 aromatic heterocycles. The molecule has 8 heteroatoms. The molecule has 2 heterocycles. The molecule has 0 atom stereocenters. The van der Waals surface area contributed by atoms with Gasteiger partial charge in [0, 0.05) is 24.9 Å². The number of hydrogen-bond donors (Lipinski definition) is 1. The number of hydrogen-bond acceptors (Lipinski definition) is 5. The zero-order valence-corrected chi connectivity index (χ0v) is 10.0. The highest BCUT2D eigenvalue weighted by atomic mass is 19.1. The molecule has 0 fully saturated rings. The third kappa shape index (κ3) is 1.92. The van der Waals surface area contributed by atoms with Crippen LogP contribution in [-0.2, 0) is 7.05 Å². The number of anilines is 1. The van der Waals surface area contributed by atoms with Gasteiger partial charge in [-0.3, -0.25) is 4.68 Å². The van der Waals surface area contributed by atoms with Gasteiger partial charge in [0.15, 0.2) is 11.6 Å². The lowest BCUT2D eigenvalue weighted by Gasteiger charge is -2.02. The summed E-state index contributed by atoms with van der Waals surface area (Å²) in [6.07, 6.45) is 1.77. The second-order valence-corrected chi connectivity index (χ2v) is 4.00. The first kappa shape index (κ1) is 11.3. The lowest BCUT2D eigenvalue weighted by atomic mass is 10.2. The highest BCUT2D eigenvalue weighted by molar-refractivity contribution is 5.60. The summed E-state index contributed by atoms with van der Waals surface area (Å²) in [7, 11) is 1.79. The van der Waals surface area contributed by atoms with E-state index in [2.05, 4.69) is 20.6 Å². The lowest BCUT2D eigenvalue weighted by Crippen LogP contribution is -2.02. The van der Waals surface area contributed by atoms with Crippen molar-refractivity contribution >= 4 is 5.69 Å². The number of nitrogens with zero attached hydrogens (tertiary/aromatic N) is 6. The number of rotatable bonds is 2. The first-order chi connectivity index (χ1) is 9.15. The van der Waals surface area contributed by atoms with Gasteiger partial charge in [0.1, 0.15) is 5.82 Å². The van der Waals surface area contributed by atoms with Crippen molar-refractivity contribution in [2.24, 2.45) is 7.05 Å². The fourth-order valence-corrected chi connectivity index (χ4v) is 1.70. The predicted molar refractivity (Wildman–Crippen MR) is 65.7 cm³/mol. The van der Waals surface area contributed by atoms with Crippen LogP contribution in [0.1, 0.15) is 0 Å². The van der Waals surface area contributed by atoms with Crippen molar-refractivity contribution in [1.82, 2.24) is 30.0 Å². The Morgan fingerprint density at radius 3 is 2.79 bits per heavy atom. The Morgan fingerprint density at radius 1 is 1.26 bits per heavy atom. The number of nitrogen functional groups attached to an aromatic ring is 1. The van der Waals surface area contributed by atoms with Gasteiger partial charge in [0.2, 0.25) is 0 Å². The van der Waals surface area contributed by atoms with Crippen molar-refractivity contribution in [2.75, 3.05) is 5.73 Å². The molecule has 3 rings (SSSR count). The molecule has 3 aromatic rings. The second-order valence-electron chi connectivity index (χ2n) is 4.00. The Labute approximate surface area is 107 Å². The predicted octanol–water partition coefficient (Wildman–Crippen LogP) is 0.784. The Kier molecular flexibility index (Phi) is 2.48. The van der Waals surface area contributed by atoms with E-state index in [0.29, 0.717) is 17.2 Å². The van der Waals surface area contributed by atoms with E-state index in [-0.39, 0.29) is 5.69 Å². The smallest absolute Gasteiger partial charge is 0.189 e. The molecule has 0 unspecified atom stereocenters. The second kappa shape index (κ2) is 4.16. The highest BCUT2D eigenvalue weighted by Gasteiger charge is 2.13. The Morgan fingerprint density at radius 2 is 2.11 bits per heavy atom. The Balaban J connectivity index is 2.11. The maximum Gasteiger partial charge on any atom is 0.189 e. The van der Waals surface area contributed by atoms with Crippen molar-refractivity contribution in [3.8, 4) is 17.2 Å². The van der Waals surface area contributed by atoms with E-state index in [4.69, 9.17) is 5.73 Å². The average molecular weight is 259 g/mol. The van der Waals surface area contributed by atoms with Crippen LogP contribution in [0, 0.1) is 5.82 Å². The summed E-state index contributed by atoms with van der Waals surface area (Å²) in [5.41, 5.74) is 6.06. The van der Waals surface area contributed by atoms with Gasteiger partial charge in [0.25, 0.3) is 0 Å². The SMILES string of the molecule is Cn1ccc(-n2nnnc2-c2ccc(N)c(F)c2)n1. The first-order valence-electron chi connectivity index (χ1n) is 5.49. The van der Waals surface area contributed by atoms with Gasteiger partial charge in [0.05, 0.1) is 5.69 Å². The number of aryl methyl sites for hydroxylation is 1. The zero-order valence-electron chi connectivity index (χ0n) is 10.0. The Bertz CT molecular complexity index is 730. The summed E-state index contributed by atoms with van der Waals surface area (Å²) in [5, 5.41) is 15.5. The molecule has 0 saturated carbocycles. The van der Waals surface area contributed by atoms with Crippen LogP contribution >= 0.6 is 0 Å². The molecule has 0 amide bonds. The van der Waals surface area contributed by atoms with E-state index < -0.39 is 5.82 Å². The summed E-state index contributed by atoms with van der Waals surface area (Å²) in [4.78, 5) is 0. The molecule has 1 aromatic carbocycles. The minimum Gasteiger partial charge on any atom is -0.396 e. The third-order valence-electron chi connectivity index (χ3n) is 2.64. The minimum atomic E-state index is -0.506. The van der Waals surface area contributed by atoms with Gasteiger partial charge in [-0.25, -0.2) is 4.39 Å². The maximum absolute atomic E-state index is 13.5. The van der Waals surface area contributed by atoms with Crippen molar-refractivity contribution in [3.05, 3.63) is 36.3 Å². The molecular formula is C11H10FN7. The van der Waals surface area contributed by atoms with Crippen LogP contribution in [-0.4, -0.2) is 30.0 Å². The van der Waals surface area contributed by atoms with E-state index in [0.717, 1.165) is 0 Å². The normalized spacial score (nSPS) is 10.8. The van der Waals surface area contributed by atoms with E-state index in [1.54, 1.807) is 30.1 Å². The fraction of sp³-hybridized carbons (Fsp3) is 0.0909. The molecule has 0 aliphatic heterocycles. The molecule has 2 N–H and O–H groups in total. The number of benzene rings is 1. The van der Waals surface area contributed by atoms with Crippen LogP contribution < -0.4 is 5.73 Å². The standard InChI is InChI=1S/C11H10FN7/c1-18-5-4-10(15-18)19-11(14-16-17-19)7-2-3-9(13)8(12)6-7/h2-6H,13H2,1H3. The van der Waals surface area contributed by atoms with Gasteiger partial charge in [-0.05, 0) is 28.6 Å². The Hall–Kier alpha value is -2.77. The fourth-order valence-electron chi connectivity index (χ4n) is 1.70. The van der Waals surface area contributed by atoms with Gasteiger partial charge < -0.3 is 5.73 Å². The van der Waals surface area contributed by atoms with Crippen LogP contribution in [0.2, 0.25) is 0 Å². The van der Waals surface area contributed by atoms with Crippen LogP contribution in [0.5, 0.6) is 0 Å². The van der Waals surface area contributed by atoms with E-state index in [1.165, 1.54) is 16.8 Å². The average Bonchev–Trinajstić information content (AvgIpc) is 3.00. The summed E-state index contributed by atoms with van der Waals surface area (Å²) < 4.78 is 16.6. The van der Waals surface area contributed by atoms with Crippen molar-refractivity contribution in [2.45, 2.75) is 0 Å². The lowest BCUT2D eigenvalue weighted by molar-refractivity contribution is 0.632. The molecule has 19 heavy (non-hydrogen) atoms. The topological polar surface area (TPSA) is 87.4 Å². The van der Waals surface area contributed by atoms with Gasteiger partial charge in [-0.1, -0.05) is 0 Å². The van der Waals surface area contributed by atoms with Gasteiger partial charge in [-0.2, -0.15) is 9.78 Å². The summed E-state index contributed by atoms with van der Waals surface area (Å²) in [6, 6.07) is 6.18. The molecule has 7 nitrogen and oxygen atoms in total. The van der Waals surface area contributed by atoms with Crippen molar-refractivity contribution in [1.29, 1.82) is 0 Å². The van der Waals surface area contributed by atoms with Crippen LogP contribution in [0.4, 0.5) is 10.1 Å². The van der Waals surface area contributed by atoms with Crippen LogP contribution in [0.3, 0.4) is 0 Å². The molecule has 0 aliphatic carbocycles. The zero-order chi connectivity index (χ0) is 13.4. The van der Waals surface area contributed by atoms with Gasteiger partial charge >= 0.3 is 0 Å². The molecular weight excluding hydrogens is 249 g/mol. The molecule has 0 bridgehead atoms. The first-order valence-corrected chi connectivity index (χ1v) is 5.49. The van der Waals surface area contributed by atoms with Crippen molar-refractivity contribution in [3.63, 3.8) is 0 Å². The monoisotopic (exact) mass is 259 g/mol. The van der Waals surface area contributed by atoms with Crippen molar-refractivity contribution < 1.29 is 4.39 Å². The highest BCUT2D eigenvalue weighted by Crippen LogP contribution is 2.22. The van der Waals surface area contributed by atoms with E-state index in [9.17, 15) is 4.39 Å². The molecule has 0 aliphatic rings. The number of nitrogens with two attached hydrogens (primary N) is 1. The third-order valence-corrected chi connectivity index (χ3v) is 2.64. The largest absolute Gasteiger partial charge is 0.396 e. The molecule has 0 spiro atoms. The number of halogens is 1. The van der Waals surface area contributed by atoms with Crippen LogP contribution in [0.25, 0.3) is 17.2 Å². The quantitative estimate of drug-likeness (QED) is 0.687. The van der Waals surface area contributed by atoms with Gasteiger partial charge in [-0.15, -0.1) is 5.10 Å². The number of tetrazole rings is 1. The summed E-state index contributed by atoms with van der Waals surface area (Å²) in [5.74, 6) is 0.449. The number of aromatic nitrogens is 6. The summed E-state index contributed by atoms with van der Waals surface area (Å²) in [6.45, 7) is 0. The minimum absolute atomic E-state index is 0.0839. The van der Waals surface area contributed by atoms with E-state index >= 15 is 0 Å².